The Morgan fingerprint density at radius 3 is 2.59 bits per heavy atom. The number of carbonyl (C=O) groups excluding carboxylic acids is 1. The van der Waals surface area contributed by atoms with Crippen molar-refractivity contribution in [3.63, 3.8) is 0 Å². The molecule has 0 saturated carbocycles. The van der Waals surface area contributed by atoms with E-state index in [0.29, 0.717) is 37.0 Å². The number of nitrogens with one attached hydrogen (secondary N) is 1. The van der Waals surface area contributed by atoms with E-state index < -0.39 is 0 Å². The van der Waals surface area contributed by atoms with Crippen LogP contribution >= 0.6 is 23.4 Å². The van der Waals surface area contributed by atoms with Crippen LogP contribution in [0.15, 0.2) is 72.0 Å². The number of halogens is 1. The number of piperazine rings is 1. The van der Waals surface area contributed by atoms with Crippen LogP contribution in [0.5, 0.6) is 0 Å². The number of pyridine rings is 1. The summed E-state index contributed by atoms with van der Waals surface area (Å²) in [5.74, 6) is 1.52. The van der Waals surface area contributed by atoms with Crippen LogP contribution in [0, 0.1) is 0 Å². The normalized spacial score (nSPS) is 14.2. The number of thioether (sulfide) groups is 1. The summed E-state index contributed by atoms with van der Waals surface area (Å²) in [6.07, 6.45) is 1.74. The first-order valence-corrected chi connectivity index (χ1v) is 11.9. The number of carbonyl (C=O) groups is 1. The van der Waals surface area contributed by atoms with Crippen LogP contribution in [-0.4, -0.2) is 51.9 Å². The van der Waals surface area contributed by atoms with Gasteiger partial charge in [-0.25, -0.2) is 9.97 Å². The van der Waals surface area contributed by atoms with Crippen LogP contribution in [0.25, 0.3) is 11.0 Å². The standard InChI is InChI=1S/C24H22ClN5OS/c25-19-8-5-11-26-22(19)29-12-14-30(15-13-29)23(31)18-7-2-1-6-17(18)16-32-24-27-20-9-3-4-10-21(20)28-24/h1-11H,12-16H2,(H,27,28). The van der Waals surface area contributed by atoms with Crippen molar-refractivity contribution in [1.82, 2.24) is 19.9 Å². The van der Waals surface area contributed by atoms with Gasteiger partial charge in [-0.2, -0.15) is 0 Å². The monoisotopic (exact) mass is 463 g/mol. The minimum absolute atomic E-state index is 0.0672. The summed E-state index contributed by atoms with van der Waals surface area (Å²) in [5, 5.41) is 1.49. The molecular weight excluding hydrogens is 442 g/mol. The van der Waals surface area contributed by atoms with E-state index >= 15 is 0 Å². The quantitative estimate of drug-likeness (QED) is 0.428. The van der Waals surface area contributed by atoms with Gasteiger partial charge in [0, 0.05) is 43.7 Å². The largest absolute Gasteiger partial charge is 0.352 e. The molecule has 162 valence electrons. The number of H-pyrrole nitrogens is 1. The van der Waals surface area contributed by atoms with Gasteiger partial charge >= 0.3 is 0 Å². The highest BCUT2D eigenvalue weighted by molar-refractivity contribution is 7.98. The van der Waals surface area contributed by atoms with Gasteiger partial charge in [0.15, 0.2) is 5.16 Å². The molecule has 0 radical (unpaired) electrons. The van der Waals surface area contributed by atoms with Gasteiger partial charge in [-0.05, 0) is 35.9 Å². The molecule has 0 spiro atoms. The number of amides is 1. The zero-order chi connectivity index (χ0) is 21.9. The molecule has 3 heterocycles. The number of fused-ring (bicyclic) bond motifs is 1. The molecule has 6 nitrogen and oxygen atoms in total. The van der Waals surface area contributed by atoms with Crippen molar-refractivity contribution in [3.8, 4) is 0 Å². The smallest absolute Gasteiger partial charge is 0.254 e. The first-order chi connectivity index (χ1) is 15.7. The first-order valence-electron chi connectivity index (χ1n) is 10.5. The van der Waals surface area contributed by atoms with Gasteiger partial charge in [0.2, 0.25) is 0 Å². The number of aromatic nitrogens is 3. The zero-order valence-electron chi connectivity index (χ0n) is 17.4. The maximum atomic E-state index is 13.3. The molecule has 0 unspecified atom stereocenters. The van der Waals surface area contributed by atoms with E-state index in [4.69, 9.17) is 11.6 Å². The predicted molar refractivity (Wildman–Crippen MR) is 129 cm³/mol. The lowest BCUT2D eigenvalue weighted by molar-refractivity contribution is 0.0745. The van der Waals surface area contributed by atoms with E-state index in [9.17, 15) is 4.79 Å². The van der Waals surface area contributed by atoms with E-state index in [1.807, 2.05) is 65.6 Å². The second-order valence-electron chi connectivity index (χ2n) is 7.59. The van der Waals surface area contributed by atoms with Crippen LogP contribution in [0.4, 0.5) is 5.82 Å². The molecule has 0 atom stereocenters. The SMILES string of the molecule is O=C(c1ccccc1CSc1nc2ccccc2[nH]1)N1CCN(c2ncccc2Cl)CC1. The number of nitrogens with zero attached hydrogens (tertiary/aromatic N) is 4. The van der Waals surface area contributed by atoms with Crippen molar-refractivity contribution in [2.24, 2.45) is 0 Å². The molecular formula is C24H22ClN5OS. The maximum Gasteiger partial charge on any atom is 0.254 e. The predicted octanol–water partition coefficient (Wildman–Crippen LogP) is 4.87. The summed E-state index contributed by atoms with van der Waals surface area (Å²) >= 11 is 7.90. The van der Waals surface area contributed by atoms with Gasteiger partial charge in [-0.1, -0.05) is 53.7 Å². The van der Waals surface area contributed by atoms with Crippen LogP contribution < -0.4 is 4.90 Å². The molecule has 32 heavy (non-hydrogen) atoms. The second kappa shape index (κ2) is 9.22. The number of para-hydroxylation sites is 2. The van der Waals surface area contributed by atoms with Gasteiger partial charge < -0.3 is 14.8 Å². The topological polar surface area (TPSA) is 65.1 Å². The van der Waals surface area contributed by atoms with Gasteiger partial charge in [0.05, 0.1) is 16.1 Å². The summed E-state index contributed by atoms with van der Waals surface area (Å²) in [7, 11) is 0. The molecule has 1 N–H and O–H groups in total. The Kier molecular flexibility index (Phi) is 6.01. The lowest BCUT2D eigenvalue weighted by Crippen LogP contribution is -2.49. The highest BCUT2D eigenvalue weighted by Crippen LogP contribution is 2.27. The van der Waals surface area contributed by atoms with Gasteiger partial charge in [-0.15, -0.1) is 0 Å². The molecule has 1 fully saturated rings. The van der Waals surface area contributed by atoms with Crippen molar-refractivity contribution < 1.29 is 4.79 Å². The fourth-order valence-corrected chi connectivity index (χ4v) is 5.03. The Hall–Kier alpha value is -3.03. The Bertz CT molecular complexity index is 1220. The van der Waals surface area contributed by atoms with E-state index in [2.05, 4.69) is 19.9 Å². The minimum atomic E-state index is 0.0672. The van der Waals surface area contributed by atoms with Crippen LogP contribution in [0.2, 0.25) is 5.02 Å². The number of hydrogen-bond donors (Lipinski definition) is 1. The molecule has 2 aromatic heterocycles. The molecule has 1 aliphatic rings. The van der Waals surface area contributed by atoms with Crippen molar-refractivity contribution >= 4 is 46.1 Å². The van der Waals surface area contributed by atoms with Crippen LogP contribution in [-0.2, 0) is 5.75 Å². The molecule has 2 aromatic carbocycles. The highest BCUT2D eigenvalue weighted by Gasteiger charge is 2.25. The van der Waals surface area contributed by atoms with Gasteiger partial charge in [0.25, 0.3) is 5.91 Å². The number of anilines is 1. The Morgan fingerprint density at radius 1 is 1.00 bits per heavy atom. The molecule has 1 amide bonds. The van der Waals surface area contributed by atoms with E-state index in [1.165, 1.54) is 0 Å². The number of benzene rings is 2. The third-order valence-corrected chi connectivity index (χ3v) is 6.80. The fourth-order valence-electron chi connectivity index (χ4n) is 3.90. The highest BCUT2D eigenvalue weighted by atomic mass is 35.5. The lowest BCUT2D eigenvalue weighted by atomic mass is 10.1. The fraction of sp³-hybridized carbons (Fsp3) is 0.208. The Labute approximate surface area is 195 Å². The molecule has 1 saturated heterocycles. The first kappa shape index (κ1) is 20.8. The maximum absolute atomic E-state index is 13.3. The minimum Gasteiger partial charge on any atom is -0.352 e. The number of rotatable bonds is 5. The number of aromatic amines is 1. The van der Waals surface area contributed by atoms with E-state index in [-0.39, 0.29) is 5.91 Å². The van der Waals surface area contributed by atoms with Crippen molar-refractivity contribution in [1.29, 1.82) is 0 Å². The third kappa shape index (κ3) is 4.31. The van der Waals surface area contributed by atoms with Crippen molar-refractivity contribution in [2.75, 3.05) is 31.1 Å². The average molecular weight is 464 g/mol. The summed E-state index contributed by atoms with van der Waals surface area (Å²) in [4.78, 5) is 29.7. The molecule has 8 heteroatoms. The molecule has 4 aromatic rings. The zero-order valence-corrected chi connectivity index (χ0v) is 18.9. The number of imidazole rings is 1. The molecule has 0 aliphatic carbocycles. The number of hydrogen-bond acceptors (Lipinski definition) is 5. The Morgan fingerprint density at radius 2 is 1.78 bits per heavy atom. The van der Waals surface area contributed by atoms with Crippen LogP contribution in [0.3, 0.4) is 0 Å². The summed E-state index contributed by atoms with van der Waals surface area (Å²) in [6.45, 7) is 2.68. The summed E-state index contributed by atoms with van der Waals surface area (Å²) < 4.78 is 0. The Balaban J connectivity index is 1.26. The van der Waals surface area contributed by atoms with Gasteiger partial charge in [-0.3, -0.25) is 4.79 Å². The van der Waals surface area contributed by atoms with Crippen LogP contribution in [0.1, 0.15) is 15.9 Å². The van der Waals surface area contributed by atoms with E-state index in [0.717, 1.165) is 33.1 Å². The average Bonchev–Trinajstić information content (AvgIpc) is 3.26. The van der Waals surface area contributed by atoms with Crippen molar-refractivity contribution in [3.05, 3.63) is 83.0 Å². The third-order valence-electron chi connectivity index (χ3n) is 5.59. The lowest BCUT2D eigenvalue weighted by Gasteiger charge is -2.36. The summed E-state index contributed by atoms with van der Waals surface area (Å²) in [5.41, 5.74) is 3.73. The molecule has 0 bridgehead atoms. The second-order valence-corrected chi connectivity index (χ2v) is 8.96. The molecule has 5 rings (SSSR count). The molecule has 1 aliphatic heterocycles. The van der Waals surface area contributed by atoms with E-state index in [1.54, 1.807) is 18.0 Å². The van der Waals surface area contributed by atoms with Gasteiger partial charge in [0.1, 0.15) is 5.82 Å². The summed E-state index contributed by atoms with van der Waals surface area (Å²) in [6, 6.07) is 19.5. The van der Waals surface area contributed by atoms with Crippen molar-refractivity contribution in [2.45, 2.75) is 10.9 Å².